The number of carbonyl (C=O) groups is 2. The van der Waals surface area contributed by atoms with E-state index in [1.165, 1.54) is 11.3 Å². The van der Waals surface area contributed by atoms with Crippen molar-refractivity contribution in [3.8, 4) is 11.5 Å². The summed E-state index contributed by atoms with van der Waals surface area (Å²) in [7, 11) is 0. The Labute approximate surface area is 203 Å². The van der Waals surface area contributed by atoms with E-state index >= 15 is 0 Å². The number of anilines is 1. The van der Waals surface area contributed by atoms with E-state index in [1.807, 2.05) is 30.5 Å². The third-order valence-electron chi connectivity index (χ3n) is 6.73. The number of thiazole rings is 1. The Hall–Kier alpha value is -2.87. The Kier molecular flexibility index (Phi) is 6.59. The van der Waals surface area contributed by atoms with Crippen LogP contribution in [0, 0.1) is 5.92 Å². The summed E-state index contributed by atoms with van der Waals surface area (Å²) in [5.74, 6) is 1.00. The number of nitrogens with zero attached hydrogens (tertiary/aromatic N) is 2. The Morgan fingerprint density at radius 1 is 1.15 bits per heavy atom. The number of ether oxygens (including phenoxy) is 3. The summed E-state index contributed by atoms with van der Waals surface area (Å²) in [5, 5.41) is 2.38. The molecule has 2 aliphatic heterocycles. The number of amides is 1. The van der Waals surface area contributed by atoms with Crippen LogP contribution in [0.1, 0.15) is 64.0 Å². The van der Waals surface area contributed by atoms with Crippen LogP contribution in [0.15, 0.2) is 41.1 Å². The van der Waals surface area contributed by atoms with Gasteiger partial charge in [-0.05, 0) is 50.3 Å². The maximum atomic E-state index is 13.7. The molecule has 1 saturated carbocycles. The molecule has 0 N–H and O–H groups in total. The van der Waals surface area contributed by atoms with E-state index in [0.717, 1.165) is 44.1 Å². The summed E-state index contributed by atoms with van der Waals surface area (Å²) in [5.41, 5.74) is 1.23. The minimum absolute atomic E-state index is 0.0320. The van der Waals surface area contributed by atoms with E-state index in [2.05, 4.69) is 11.9 Å². The van der Waals surface area contributed by atoms with Crippen LogP contribution in [0.2, 0.25) is 0 Å². The van der Waals surface area contributed by atoms with Crippen molar-refractivity contribution in [3.63, 3.8) is 0 Å². The number of hydrogen-bond acceptors (Lipinski definition) is 7. The van der Waals surface area contributed by atoms with Gasteiger partial charge in [-0.2, -0.15) is 0 Å². The van der Waals surface area contributed by atoms with Crippen molar-refractivity contribution in [2.24, 2.45) is 5.92 Å². The highest BCUT2D eigenvalue weighted by atomic mass is 32.1. The maximum Gasteiger partial charge on any atom is 0.296 e. The fourth-order valence-corrected chi connectivity index (χ4v) is 5.77. The molecular formula is C26H30N2O5S. The summed E-state index contributed by atoms with van der Waals surface area (Å²) in [4.78, 5) is 33.3. The van der Waals surface area contributed by atoms with Gasteiger partial charge in [-0.25, -0.2) is 4.98 Å². The first-order valence-electron chi connectivity index (χ1n) is 12.2. The van der Waals surface area contributed by atoms with Crippen molar-refractivity contribution in [2.75, 3.05) is 18.1 Å². The minimum Gasteiger partial charge on any atom is -0.490 e. The van der Waals surface area contributed by atoms with E-state index in [4.69, 9.17) is 14.2 Å². The maximum absolute atomic E-state index is 13.7. The zero-order chi connectivity index (χ0) is 23.7. The molecule has 1 aliphatic carbocycles. The lowest BCUT2D eigenvalue weighted by molar-refractivity contribution is -0.131. The highest BCUT2D eigenvalue weighted by molar-refractivity contribution is 7.13. The Morgan fingerprint density at radius 3 is 2.76 bits per heavy atom. The molecule has 3 heterocycles. The monoisotopic (exact) mass is 482 g/mol. The van der Waals surface area contributed by atoms with Crippen LogP contribution in [0.5, 0.6) is 11.5 Å². The zero-order valence-corrected chi connectivity index (χ0v) is 20.4. The number of Topliss-reactive ketones (excluding diaryl/α,β-unsaturated/α-hetero) is 1. The second kappa shape index (κ2) is 9.78. The number of unbranched alkanes of at least 4 members (excludes halogenated alkanes) is 1. The normalized spacial score (nSPS) is 24.1. The minimum atomic E-state index is -0.604. The summed E-state index contributed by atoms with van der Waals surface area (Å²) in [6.07, 6.45) is 7.07. The molecule has 0 bridgehead atoms. The third kappa shape index (κ3) is 3.98. The highest BCUT2D eigenvalue weighted by Crippen LogP contribution is 2.49. The number of ketones is 1. The van der Waals surface area contributed by atoms with Crippen LogP contribution >= 0.6 is 11.3 Å². The van der Waals surface area contributed by atoms with E-state index in [0.29, 0.717) is 35.4 Å². The number of carbonyl (C=O) groups excluding carboxylic acids is 2. The SMILES string of the molecule is CCCCOc1ccc(C2C3=C(OC4CCCCC4C3=O)C(=O)N2c2nccs2)cc1OCC. The molecule has 0 radical (unpaired) electrons. The van der Waals surface area contributed by atoms with Crippen molar-refractivity contribution >= 4 is 28.2 Å². The lowest BCUT2D eigenvalue weighted by atomic mass is 9.77. The van der Waals surface area contributed by atoms with Crippen molar-refractivity contribution in [1.82, 2.24) is 4.98 Å². The molecule has 1 amide bonds. The molecule has 0 spiro atoms. The fraction of sp³-hybridized carbons (Fsp3) is 0.500. The van der Waals surface area contributed by atoms with Gasteiger partial charge in [0.15, 0.2) is 28.2 Å². The molecule has 1 fully saturated rings. The predicted octanol–water partition coefficient (Wildman–Crippen LogP) is 5.22. The fourth-order valence-electron chi connectivity index (χ4n) is 5.10. The lowest BCUT2D eigenvalue weighted by Gasteiger charge is -2.35. The van der Waals surface area contributed by atoms with Crippen molar-refractivity contribution in [1.29, 1.82) is 0 Å². The largest absolute Gasteiger partial charge is 0.490 e. The molecule has 1 aromatic heterocycles. The molecule has 3 atom stereocenters. The number of aromatic nitrogens is 1. The smallest absolute Gasteiger partial charge is 0.296 e. The second-order valence-corrected chi connectivity index (χ2v) is 9.76. The van der Waals surface area contributed by atoms with Gasteiger partial charge < -0.3 is 14.2 Å². The van der Waals surface area contributed by atoms with Crippen LogP contribution in [-0.4, -0.2) is 36.0 Å². The van der Waals surface area contributed by atoms with Crippen molar-refractivity contribution in [3.05, 3.63) is 46.7 Å². The first kappa shape index (κ1) is 22.9. The second-order valence-electron chi connectivity index (χ2n) is 8.89. The molecule has 0 saturated heterocycles. The summed E-state index contributed by atoms with van der Waals surface area (Å²) >= 11 is 1.37. The van der Waals surface area contributed by atoms with Crippen LogP contribution < -0.4 is 14.4 Å². The summed E-state index contributed by atoms with van der Waals surface area (Å²) < 4.78 is 18.1. The van der Waals surface area contributed by atoms with Crippen LogP contribution in [0.25, 0.3) is 0 Å². The Bertz CT molecular complexity index is 1100. The molecule has 3 unspecified atom stereocenters. The van der Waals surface area contributed by atoms with Crippen LogP contribution in [-0.2, 0) is 14.3 Å². The van der Waals surface area contributed by atoms with Gasteiger partial charge in [0.2, 0.25) is 0 Å². The molecule has 2 aromatic rings. The molecule has 5 rings (SSSR count). The number of hydrogen-bond donors (Lipinski definition) is 0. The molecule has 180 valence electrons. The topological polar surface area (TPSA) is 78.0 Å². The molecule has 3 aliphatic rings. The summed E-state index contributed by atoms with van der Waals surface area (Å²) in [6.45, 7) is 5.12. The van der Waals surface area contributed by atoms with E-state index in [9.17, 15) is 9.59 Å². The molecule has 8 heteroatoms. The van der Waals surface area contributed by atoms with Gasteiger partial charge >= 0.3 is 0 Å². The van der Waals surface area contributed by atoms with Crippen molar-refractivity contribution in [2.45, 2.75) is 64.5 Å². The molecule has 7 nitrogen and oxygen atoms in total. The standard InChI is InChI=1S/C26H30N2O5S/c1-3-5-13-32-19-11-10-16(15-20(19)31-4-2)22-21-23(29)17-8-6-7-9-18(17)33-24(21)25(30)28(22)26-27-12-14-34-26/h10-12,14-15,17-18,22H,3-9,13H2,1-2H3. The lowest BCUT2D eigenvalue weighted by Crippen LogP contribution is -2.39. The van der Waals surface area contributed by atoms with Gasteiger partial charge in [-0.1, -0.05) is 25.8 Å². The van der Waals surface area contributed by atoms with E-state index in [-0.39, 0.29) is 29.5 Å². The van der Waals surface area contributed by atoms with Gasteiger partial charge in [-0.3, -0.25) is 14.5 Å². The molecule has 1 aromatic carbocycles. The quantitative estimate of drug-likeness (QED) is 0.480. The Balaban J connectivity index is 1.58. The van der Waals surface area contributed by atoms with Gasteiger partial charge in [0.05, 0.1) is 30.7 Å². The number of fused-ring (bicyclic) bond motifs is 1. The van der Waals surface area contributed by atoms with Crippen LogP contribution in [0.3, 0.4) is 0 Å². The average molecular weight is 483 g/mol. The van der Waals surface area contributed by atoms with Gasteiger partial charge in [0, 0.05) is 11.6 Å². The molecule has 34 heavy (non-hydrogen) atoms. The predicted molar refractivity (Wildman–Crippen MR) is 129 cm³/mol. The first-order valence-corrected chi connectivity index (χ1v) is 13.1. The first-order chi connectivity index (χ1) is 16.6. The summed E-state index contributed by atoms with van der Waals surface area (Å²) in [6, 6.07) is 5.07. The van der Waals surface area contributed by atoms with E-state index < -0.39 is 6.04 Å². The average Bonchev–Trinajstić information content (AvgIpc) is 3.47. The number of rotatable bonds is 8. The number of benzene rings is 1. The van der Waals surface area contributed by atoms with E-state index in [1.54, 1.807) is 11.1 Å². The molecular weight excluding hydrogens is 452 g/mol. The van der Waals surface area contributed by atoms with Crippen molar-refractivity contribution < 1.29 is 23.8 Å². The van der Waals surface area contributed by atoms with Gasteiger partial charge in [-0.15, -0.1) is 11.3 Å². The zero-order valence-electron chi connectivity index (χ0n) is 19.6. The van der Waals surface area contributed by atoms with Gasteiger partial charge in [0.25, 0.3) is 5.91 Å². The highest BCUT2D eigenvalue weighted by Gasteiger charge is 2.53. The third-order valence-corrected chi connectivity index (χ3v) is 7.50. The Morgan fingerprint density at radius 2 is 2.00 bits per heavy atom. The van der Waals surface area contributed by atoms with Crippen LogP contribution in [0.4, 0.5) is 5.13 Å². The van der Waals surface area contributed by atoms with Gasteiger partial charge in [0.1, 0.15) is 6.10 Å².